The molecule has 0 N–H and O–H groups in total. The van der Waals surface area contributed by atoms with Crippen molar-refractivity contribution in [1.29, 1.82) is 0 Å². The number of hydrogen-bond donors (Lipinski definition) is 0. The van der Waals surface area contributed by atoms with E-state index in [0.29, 0.717) is 0 Å². The van der Waals surface area contributed by atoms with Crippen molar-refractivity contribution < 1.29 is 0 Å². The Hall–Kier alpha value is 0.279. The Kier molecular flexibility index (Phi) is 4.61. The second-order valence-electron chi connectivity index (χ2n) is 1.67. The van der Waals surface area contributed by atoms with Crippen molar-refractivity contribution in [2.24, 2.45) is 0 Å². The van der Waals surface area contributed by atoms with Crippen molar-refractivity contribution in [3.05, 3.63) is 22.8 Å². The van der Waals surface area contributed by atoms with Crippen molar-refractivity contribution in [2.45, 2.75) is 9.88 Å². The second kappa shape index (κ2) is 4.44. The van der Waals surface area contributed by atoms with Gasteiger partial charge in [0.05, 0.1) is 0 Å². The molecule has 0 aromatic rings. The molecule has 0 bridgehead atoms. The molecule has 39 valence electrons. The summed E-state index contributed by atoms with van der Waals surface area (Å²) < 4.78 is 2.30. The summed E-state index contributed by atoms with van der Waals surface area (Å²) in [6.45, 7) is 3.58. The van der Waals surface area contributed by atoms with Gasteiger partial charge in [0.25, 0.3) is 0 Å². The monoisotopic (exact) mass is 203 g/mol. The first-order chi connectivity index (χ1) is 3.27. The molecule has 0 aliphatic rings. The fourth-order valence-corrected chi connectivity index (χ4v) is 1.75. The molecule has 7 heavy (non-hydrogen) atoms. The van der Waals surface area contributed by atoms with Gasteiger partial charge in [-0.2, -0.15) is 0 Å². The molecule has 0 aliphatic carbocycles. The Morgan fingerprint density at radius 2 is 2.00 bits per heavy atom. The van der Waals surface area contributed by atoms with Crippen LogP contribution < -0.4 is 0 Å². The summed E-state index contributed by atoms with van der Waals surface area (Å²) in [6, 6.07) is 0. The Balaban J connectivity index is 3.25. The van der Waals surface area contributed by atoms with Crippen LogP contribution in [-0.2, 0) is 0 Å². The Morgan fingerprint density at radius 1 is 1.43 bits per heavy atom. The molecule has 0 saturated carbocycles. The molecular formula is C6H11Sn. The molecule has 0 unspecified atom stereocenters. The third-order valence-corrected chi connectivity index (χ3v) is 3.02. The van der Waals surface area contributed by atoms with E-state index in [-0.39, 0.29) is 0 Å². The maximum absolute atomic E-state index is 3.58. The summed E-state index contributed by atoms with van der Waals surface area (Å²) in [4.78, 5) is 4.67. The van der Waals surface area contributed by atoms with E-state index >= 15 is 0 Å². The summed E-state index contributed by atoms with van der Waals surface area (Å²) >= 11 is -0.894. The van der Waals surface area contributed by atoms with Crippen LogP contribution >= 0.6 is 0 Å². The molecule has 0 aromatic heterocycles. The van der Waals surface area contributed by atoms with Crippen LogP contribution in [0.3, 0.4) is 0 Å². The first kappa shape index (κ1) is 7.28. The zero-order chi connectivity index (χ0) is 5.70. The summed E-state index contributed by atoms with van der Waals surface area (Å²) in [6.07, 6.45) is 3.89. The topological polar surface area (TPSA) is 0 Å². The molecule has 0 nitrogen and oxygen atoms in total. The molecule has 0 amide bonds. The van der Waals surface area contributed by atoms with E-state index in [0.717, 1.165) is 0 Å². The van der Waals surface area contributed by atoms with Crippen LogP contribution in [0.2, 0.25) is 9.88 Å². The quantitative estimate of drug-likeness (QED) is 0.474. The molecular weight excluding hydrogens is 191 g/mol. The van der Waals surface area contributed by atoms with E-state index in [9.17, 15) is 0 Å². The van der Waals surface area contributed by atoms with Gasteiger partial charge in [0.15, 0.2) is 0 Å². The van der Waals surface area contributed by atoms with E-state index in [1.807, 2.05) is 6.08 Å². The van der Waals surface area contributed by atoms with E-state index in [1.54, 1.807) is 0 Å². The van der Waals surface area contributed by atoms with E-state index in [1.165, 1.54) is 0 Å². The molecule has 0 fully saturated rings. The van der Waals surface area contributed by atoms with Gasteiger partial charge in [-0.1, -0.05) is 0 Å². The van der Waals surface area contributed by atoms with Gasteiger partial charge in [0, 0.05) is 0 Å². The fourth-order valence-electron chi connectivity index (χ4n) is 0.260. The number of allylic oxidation sites excluding steroid dienone is 2. The SMILES string of the molecule is C=CC=[CH][Sn]([CH3])[CH3]. The predicted octanol–water partition coefficient (Wildman–Crippen LogP) is 2.02. The van der Waals surface area contributed by atoms with Gasteiger partial charge >= 0.3 is 52.5 Å². The van der Waals surface area contributed by atoms with Crippen molar-refractivity contribution in [3.8, 4) is 0 Å². The Bertz CT molecular complexity index is 72.2. The van der Waals surface area contributed by atoms with Crippen LogP contribution in [0.5, 0.6) is 0 Å². The van der Waals surface area contributed by atoms with Crippen molar-refractivity contribution in [3.63, 3.8) is 0 Å². The van der Waals surface area contributed by atoms with E-state index < -0.39 is 19.8 Å². The maximum atomic E-state index is 3.58. The minimum atomic E-state index is -0.894. The van der Waals surface area contributed by atoms with Gasteiger partial charge in [-0.25, -0.2) is 0 Å². The van der Waals surface area contributed by atoms with Crippen LogP contribution in [0.4, 0.5) is 0 Å². The number of hydrogen-bond acceptors (Lipinski definition) is 0. The van der Waals surface area contributed by atoms with Gasteiger partial charge in [0.1, 0.15) is 0 Å². The molecule has 0 saturated heterocycles. The number of rotatable bonds is 2. The second-order valence-corrected chi connectivity index (χ2v) is 8.77. The first-order valence-corrected chi connectivity index (χ1v) is 9.72. The molecule has 0 atom stereocenters. The average Bonchev–Trinajstić information content (AvgIpc) is 1.61. The first-order valence-electron chi connectivity index (χ1n) is 2.36. The van der Waals surface area contributed by atoms with E-state index in [2.05, 4.69) is 26.6 Å². The van der Waals surface area contributed by atoms with Crippen LogP contribution in [0.15, 0.2) is 22.8 Å². The zero-order valence-electron chi connectivity index (χ0n) is 4.94. The third kappa shape index (κ3) is 6.28. The molecule has 0 heterocycles. The predicted molar refractivity (Wildman–Crippen MR) is 36.8 cm³/mol. The van der Waals surface area contributed by atoms with Crippen molar-refractivity contribution >= 4 is 19.8 Å². The molecule has 0 aromatic carbocycles. The third-order valence-electron chi connectivity index (χ3n) is 0.566. The van der Waals surface area contributed by atoms with Gasteiger partial charge in [-0.15, -0.1) is 0 Å². The molecule has 1 radical (unpaired) electrons. The minimum absolute atomic E-state index is 0.894. The Labute approximate surface area is 52.7 Å². The normalized spacial score (nSPS) is 10.7. The summed E-state index contributed by atoms with van der Waals surface area (Å²) in [5, 5.41) is 0. The van der Waals surface area contributed by atoms with Gasteiger partial charge in [0.2, 0.25) is 0 Å². The van der Waals surface area contributed by atoms with Crippen LogP contribution in [0, 0.1) is 0 Å². The molecule has 0 aliphatic heterocycles. The van der Waals surface area contributed by atoms with Gasteiger partial charge in [-0.05, 0) is 0 Å². The van der Waals surface area contributed by atoms with Crippen LogP contribution in [0.1, 0.15) is 0 Å². The van der Waals surface area contributed by atoms with E-state index in [4.69, 9.17) is 0 Å². The standard InChI is InChI=1S/C4H5.2CH3.Sn/c1-3-4-2;;;/h1,3-4H,2H2;2*1H3;. The van der Waals surface area contributed by atoms with Gasteiger partial charge < -0.3 is 0 Å². The average molecular weight is 202 g/mol. The molecule has 0 spiro atoms. The zero-order valence-corrected chi connectivity index (χ0v) is 7.79. The van der Waals surface area contributed by atoms with Gasteiger partial charge in [-0.3, -0.25) is 0 Å². The molecule has 0 rings (SSSR count). The molecule has 1 heteroatoms. The van der Waals surface area contributed by atoms with Crippen LogP contribution in [0.25, 0.3) is 0 Å². The van der Waals surface area contributed by atoms with Crippen molar-refractivity contribution in [2.75, 3.05) is 0 Å². The Morgan fingerprint density at radius 3 is 2.14 bits per heavy atom. The van der Waals surface area contributed by atoms with Crippen molar-refractivity contribution in [1.82, 2.24) is 0 Å². The van der Waals surface area contributed by atoms with Crippen LogP contribution in [-0.4, -0.2) is 19.8 Å². The summed E-state index contributed by atoms with van der Waals surface area (Å²) in [5.41, 5.74) is 0. The fraction of sp³-hybridized carbons (Fsp3) is 0.333. The summed E-state index contributed by atoms with van der Waals surface area (Å²) in [7, 11) is 0. The summed E-state index contributed by atoms with van der Waals surface area (Å²) in [5.74, 6) is 0.